The summed E-state index contributed by atoms with van der Waals surface area (Å²) in [4.78, 5) is 38.3. The summed E-state index contributed by atoms with van der Waals surface area (Å²) in [5.74, 6) is -0.0352. The van der Waals surface area contributed by atoms with Crippen molar-refractivity contribution in [2.24, 2.45) is 5.92 Å². The van der Waals surface area contributed by atoms with Crippen molar-refractivity contribution in [1.82, 2.24) is 4.90 Å². The molecule has 0 unspecified atom stereocenters. The van der Waals surface area contributed by atoms with Gasteiger partial charge in [0.2, 0.25) is 0 Å². The molecule has 0 aliphatic carbocycles. The van der Waals surface area contributed by atoms with Crippen LogP contribution in [-0.4, -0.2) is 42.9 Å². The third-order valence-electron chi connectivity index (χ3n) is 5.03. The number of amides is 2. The van der Waals surface area contributed by atoms with Crippen LogP contribution in [0, 0.1) is 5.92 Å². The first-order chi connectivity index (χ1) is 13.5. The van der Waals surface area contributed by atoms with Gasteiger partial charge in [-0.25, -0.2) is 4.79 Å². The molecule has 0 saturated carbocycles. The quantitative estimate of drug-likeness (QED) is 0.823. The Hall–Kier alpha value is -3.15. The van der Waals surface area contributed by atoms with E-state index < -0.39 is 5.97 Å². The zero-order chi connectivity index (χ0) is 20.1. The van der Waals surface area contributed by atoms with Crippen LogP contribution in [0.15, 0.2) is 48.5 Å². The summed E-state index contributed by atoms with van der Waals surface area (Å²) in [6, 6.07) is 13.1. The number of esters is 1. The Morgan fingerprint density at radius 2 is 1.43 bits per heavy atom. The highest BCUT2D eigenvalue weighted by Gasteiger charge is 2.21. The average molecular weight is 380 g/mol. The Morgan fingerprint density at radius 3 is 2.00 bits per heavy atom. The lowest BCUT2D eigenvalue weighted by molar-refractivity contribution is 0.0600. The first-order valence-electron chi connectivity index (χ1n) is 9.37. The van der Waals surface area contributed by atoms with Crippen molar-refractivity contribution in [3.8, 4) is 0 Å². The number of hydrogen-bond donors (Lipinski definition) is 1. The summed E-state index contributed by atoms with van der Waals surface area (Å²) in [6.07, 6.45) is 2.06. The van der Waals surface area contributed by atoms with Gasteiger partial charge < -0.3 is 15.0 Å². The van der Waals surface area contributed by atoms with Crippen LogP contribution in [-0.2, 0) is 4.74 Å². The van der Waals surface area contributed by atoms with Crippen molar-refractivity contribution in [3.05, 3.63) is 65.2 Å². The second-order valence-corrected chi connectivity index (χ2v) is 7.08. The van der Waals surface area contributed by atoms with Gasteiger partial charge in [0.05, 0.1) is 12.7 Å². The second-order valence-electron chi connectivity index (χ2n) is 7.08. The van der Waals surface area contributed by atoms with E-state index in [0.717, 1.165) is 25.9 Å². The van der Waals surface area contributed by atoms with E-state index in [-0.39, 0.29) is 11.8 Å². The molecule has 3 rings (SSSR count). The van der Waals surface area contributed by atoms with Crippen LogP contribution in [0.3, 0.4) is 0 Å². The van der Waals surface area contributed by atoms with E-state index in [4.69, 9.17) is 0 Å². The van der Waals surface area contributed by atoms with E-state index in [1.165, 1.54) is 7.11 Å². The Kier molecular flexibility index (Phi) is 6.09. The number of nitrogens with one attached hydrogen (secondary N) is 1. The Balaban J connectivity index is 1.62. The van der Waals surface area contributed by atoms with Crippen LogP contribution in [0.4, 0.5) is 5.69 Å². The standard InChI is InChI=1S/C22H24N2O4/c1-15-11-13-24(14-12-15)21(26)17-5-3-16(4-6-17)20(25)23-19-9-7-18(8-10-19)22(27)28-2/h3-10,15H,11-14H2,1-2H3,(H,23,25). The minimum atomic E-state index is -0.429. The van der Waals surface area contributed by atoms with E-state index in [1.54, 1.807) is 48.5 Å². The molecule has 1 aliphatic heterocycles. The number of ether oxygens (including phenoxy) is 1. The van der Waals surface area contributed by atoms with Gasteiger partial charge >= 0.3 is 5.97 Å². The van der Waals surface area contributed by atoms with Gasteiger partial charge in [0.25, 0.3) is 11.8 Å². The third kappa shape index (κ3) is 4.57. The van der Waals surface area contributed by atoms with Crippen molar-refractivity contribution in [1.29, 1.82) is 0 Å². The molecule has 6 nitrogen and oxygen atoms in total. The Bertz CT molecular complexity index is 851. The van der Waals surface area contributed by atoms with Gasteiger partial charge in [-0.05, 0) is 67.3 Å². The van der Waals surface area contributed by atoms with Crippen LogP contribution in [0.2, 0.25) is 0 Å². The van der Waals surface area contributed by atoms with Gasteiger partial charge in [0, 0.05) is 29.9 Å². The van der Waals surface area contributed by atoms with Gasteiger partial charge in [-0.3, -0.25) is 9.59 Å². The van der Waals surface area contributed by atoms with Crippen LogP contribution < -0.4 is 5.32 Å². The molecule has 1 fully saturated rings. The molecule has 2 aromatic rings. The van der Waals surface area contributed by atoms with Crippen molar-refractivity contribution in [2.75, 3.05) is 25.5 Å². The maximum absolute atomic E-state index is 12.6. The van der Waals surface area contributed by atoms with Gasteiger partial charge in [-0.15, -0.1) is 0 Å². The maximum atomic E-state index is 12.6. The number of methoxy groups -OCH3 is 1. The molecule has 2 amide bonds. The molecule has 1 N–H and O–H groups in total. The molecule has 0 aromatic heterocycles. The summed E-state index contributed by atoms with van der Waals surface area (Å²) < 4.78 is 4.65. The van der Waals surface area contributed by atoms with Crippen molar-refractivity contribution in [3.63, 3.8) is 0 Å². The van der Waals surface area contributed by atoms with E-state index in [9.17, 15) is 14.4 Å². The number of carbonyl (C=O) groups excluding carboxylic acids is 3. The minimum absolute atomic E-state index is 0.0113. The van der Waals surface area contributed by atoms with E-state index in [2.05, 4.69) is 17.0 Å². The van der Waals surface area contributed by atoms with Crippen molar-refractivity contribution >= 4 is 23.5 Å². The summed E-state index contributed by atoms with van der Waals surface area (Å²) in [5.41, 5.74) is 2.03. The molecule has 0 atom stereocenters. The fraction of sp³-hybridized carbons (Fsp3) is 0.318. The molecule has 1 aliphatic rings. The zero-order valence-electron chi connectivity index (χ0n) is 16.1. The van der Waals surface area contributed by atoms with Crippen molar-refractivity contribution < 1.29 is 19.1 Å². The lowest BCUT2D eigenvalue weighted by atomic mass is 9.98. The number of hydrogen-bond acceptors (Lipinski definition) is 4. The highest BCUT2D eigenvalue weighted by atomic mass is 16.5. The number of carbonyl (C=O) groups is 3. The molecule has 2 aromatic carbocycles. The molecule has 28 heavy (non-hydrogen) atoms. The topological polar surface area (TPSA) is 75.7 Å². The number of benzene rings is 2. The van der Waals surface area contributed by atoms with Crippen molar-refractivity contribution in [2.45, 2.75) is 19.8 Å². The average Bonchev–Trinajstić information content (AvgIpc) is 2.74. The molecule has 6 heteroatoms. The SMILES string of the molecule is COC(=O)c1ccc(NC(=O)c2ccc(C(=O)N3CCC(C)CC3)cc2)cc1. The van der Waals surface area contributed by atoms with Gasteiger partial charge in [0.1, 0.15) is 0 Å². The largest absolute Gasteiger partial charge is 0.465 e. The van der Waals surface area contributed by atoms with Gasteiger partial charge in [0.15, 0.2) is 0 Å². The number of piperidine rings is 1. The van der Waals surface area contributed by atoms with E-state index >= 15 is 0 Å². The Morgan fingerprint density at radius 1 is 0.893 bits per heavy atom. The lowest BCUT2D eigenvalue weighted by Gasteiger charge is -2.30. The number of rotatable bonds is 4. The smallest absolute Gasteiger partial charge is 0.337 e. The van der Waals surface area contributed by atoms with Gasteiger partial charge in [-0.2, -0.15) is 0 Å². The molecule has 1 saturated heterocycles. The van der Waals surface area contributed by atoms with Crippen LogP contribution >= 0.6 is 0 Å². The van der Waals surface area contributed by atoms with Crippen LogP contribution in [0.25, 0.3) is 0 Å². The van der Waals surface area contributed by atoms with E-state index in [1.807, 2.05) is 4.90 Å². The summed E-state index contributed by atoms with van der Waals surface area (Å²) >= 11 is 0. The number of nitrogens with zero attached hydrogens (tertiary/aromatic N) is 1. The highest BCUT2D eigenvalue weighted by Crippen LogP contribution is 2.19. The zero-order valence-corrected chi connectivity index (χ0v) is 16.1. The lowest BCUT2D eigenvalue weighted by Crippen LogP contribution is -2.37. The van der Waals surface area contributed by atoms with Crippen LogP contribution in [0.5, 0.6) is 0 Å². The van der Waals surface area contributed by atoms with Crippen LogP contribution in [0.1, 0.15) is 50.8 Å². The Labute approximate surface area is 164 Å². The summed E-state index contributed by atoms with van der Waals surface area (Å²) in [7, 11) is 1.32. The third-order valence-corrected chi connectivity index (χ3v) is 5.03. The fourth-order valence-corrected chi connectivity index (χ4v) is 3.17. The second kappa shape index (κ2) is 8.69. The fourth-order valence-electron chi connectivity index (χ4n) is 3.17. The predicted octanol–water partition coefficient (Wildman–Crippen LogP) is 3.60. The first-order valence-corrected chi connectivity index (χ1v) is 9.37. The summed E-state index contributed by atoms with van der Waals surface area (Å²) in [6.45, 7) is 3.77. The monoisotopic (exact) mass is 380 g/mol. The first kappa shape index (κ1) is 19.6. The molecular formula is C22H24N2O4. The molecule has 0 spiro atoms. The molecule has 0 bridgehead atoms. The van der Waals surface area contributed by atoms with E-state index in [0.29, 0.717) is 28.3 Å². The highest BCUT2D eigenvalue weighted by molar-refractivity contribution is 6.05. The predicted molar refractivity (Wildman–Crippen MR) is 106 cm³/mol. The molecule has 146 valence electrons. The summed E-state index contributed by atoms with van der Waals surface area (Å²) in [5, 5.41) is 2.77. The molecular weight excluding hydrogens is 356 g/mol. The van der Waals surface area contributed by atoms with Gasteiger partial charge in [-0.1, -0.05) is 6.92 Å². The minimum Gasteiger partial charge on any atom is -0.465 e. The maximum Gasteiger partial charge on any atom is 0.337 e. The normalized spacial score (nSPS) is 14.4. The molecule has 1 heterocycles. The molecule has 0 radical (unpaired) electrons. The number of likely N-dealkylation sites (tertiary alicyclic amines) is 1. The number of anilines is 1.